The van der Waals surface area contributed by atoms with Gasteiger partial charge < -0.3 is 15.1 Å². The van der Waals surface area contributed by atoms with Gasteiger partial charge in [0, 0.05) is 18.8 Å². The van der Waals surface area contributed by atoms with Gasteiger partial charge in [0.2, 0.25) is 0 Å². The van der Waals surface area contributed by atoms with E-state index in [0.29, 0.717) is 12.1 Å². The number of phenols is 1. The zero-order valence-electron chi connectivity index (χ0n) is 11.9. The summed E-state index contributed by atoms with van der Waals surface area (Å²) in [4.78, 5) is 26.0. The van der Waals surface area contributed by atoms with Crippen molar-refractivity contribution in [3.05, 3.63) is 24.3 Å². The predicted octanol–water partition coefficient (Wildman–Crippen LogP) is 2.13. The summed E-state index contributed by atoms with van der Waals surface area (Å²) < 4.78 is 0. The van der Waals surface area contributed by atoms with Gasteiger partial charge in [0.05, 0.1) is 0 Å². The fourth-order valence-corrected chi connectivity index (χ4v) is 1.76. The topological polar surface area (TPSA) is 81.1 Å². The summed E-state index contributed by atoms with van der Waals surface area (Å²) in [7, 11) is 1.58. The van der Waals surface area contributed by atoms with E-state index >= 15 is 0 Å². The van der Waals surface area contributed by atoms with Crippen molar-refractivity contribution >= 4 is 17.7 Å². The van der Waals surface area contributed by atoms with Crippen LogP contribution in [-0.2, 0) is 4.79 Å². The van der Waals surface area contributed by atoms with Crippen molar-refractivity contribution in [3.8, 4) is 5.75 Å². The number of carboxylic acids is 1. The number of hydrogen-bond acceptors (Lipinski definition) is 3. The summed E-state index contributed by atoms with van der Waals surface area (Å²) >= 11 is 0. The largest absolute Gasteiger partial charge is 0.508 e. The molecule has 0 aromatic heterocycles. The van der Waals surface area contributed by atoms with Crippen LogP contribution in [0.5, 0.6) is 5.75 Å². The molecule has 110 valence electrons. The highest BCUT2D eigenvalue weighted by atomic mass is 16.4. The van der Waals surface area contributed by atoms with Gasteiger partial charge in [-0.15, -0.1) is 0 Å². The Morgan fingerprint density at radius 3 is 2.25 bits per heavy atom. The predicted molar refractivity (Wildman–Crippen MR) is 76.0 cm³/mol. The molecule has 2 N–H and O–H groups in total. The van der Waals surface area contributed by atoms with E-state index in [1.54, 1.807) is 19.2 Å². The third-order valence-corrected chi connectivity index (χ3v) is 3.20. The summed E-state index contributed by atoms with van der Waals surface area (Å²) in [6, 6.07) is 5.60. The Bertz CT molecular complexity index is 473. The molecule has 1 rings (SSSR count). The van der Waals surface area contributed by atoms with E-state index in [9.17, 15) is 14.7 Å². The van der Waals surface area contributed by atoms with Crippen LogP contribution in [0.3, 0.4) is 0 Å². The molecule has 0 saturated heterocycles. The Morgan fingerprint density at radius 1 is 1.25 bits per heavy atom. The zero-order valence-corrected chi connectivity index (χ0v) is 11.9. The van der Waals surface area contributed by atoms with Crippen LogP contribution < -0.4 is 4.90 Å². The number of rotatable bonds is 5. The van der Waals surface area contributed by atoms with Crippen LogP contribution in [0.4, 0.5) is 10.5 Å². The summed E-state index contributed by atoms with van der Waals surface area (Å²) in [5.41, 5.74) is 0.589. The quantitative estimate of drug-likeness (QED) is 0.865. The lowest BCUT2D eigenvalue weighted by Crippen LogP contribution is -2.48. The lowest BCUT2D eigenvalue weighted by Gasteiger charge is -2.31. The molecule has 0 saturated carbocycles. The molecule has 20 heavy (non-hydrogen) atoms. The molecule has 6 heteroatoms. The number of carbonyl (C=O) groups is 2. The molecule has 0 bridgehead atoms. The Morgan fingerprint density at radius 2 is 1.80 bits per heavy atom. The van der Waals surface area contributed by atoms with Gasteiger partial charge >= 0.3 is 12.0 Å². The van der Waals surface area contributed by atoms with E-state index in [1.807, 2.05) is 13.8 Å². The van der Waals surface area contributed by atoms with E-state index in [-0.39, 0.29) is 24.4 Å². The van der Waals surface area contributed by atoms with E-state index in [1.165, 1.54) is 21.9 Å². The number of carbonyl (C=O) groups excluding carboxylic acids is 1. The number of phenolic OH excluding ortho intramolecular Hbond substituents is 1. The lowest BCUT2D eigenvalue weighted by atomic mass is 10.2. The number of aliphatic carboxylic acids is 1. The molecule has 1 atom stereocenters. The second kappa shape index (κ2) is 6.79. The Labute approximate surface area is 118 Å². The summed E-state index contributed by atoms with van der Waals surface area (Å²) in [6.07, 6.45) is 0.669. The number of carboxylic acid groups (broad SMARTS) is 1. The number of aromatic hydroxyl groups is 1. The average molecular weight is 280 g/mol. The first-order chi connectivity index (χ1) is 9.36. The molecule has 6 nitrogen and oxygen atoms in total. The van der Waals surface area contributed by atoms with Crippen molar-refractivity contribution in [1.29, 1.82) is 0 Å². The first kappa shape index (κ1) is 15.8. The molecule has 2 amide bonds. The Balaban J connectivity index is 2.93. The Kier molecular flexibility index (Phi) is 5.37. The van der Waals surface area contributed by atoms with Crippen molar-refractivity contribution in [3.63, 3.8) is 0 Å². The molecule has 1 aromatic rings. The lowest BCUT2D eigenvalue weighted by molar-refractivity contribution is -0.138. The number of anilines is 1. The second-order valence-corrected chi connectivity index (χ2v) is 4.64. The normalized spacial score (nSPS) is 11.8. The molecule has 0 aliphatic heterocycles. The van der Waals surface area contributed by atoms with Gasteiger partial charge in [0.25, 0.3) is 0 Å². The average Bonchev–Trinajstić information content (AvgIpc) is 2.43. The molecule has 0 fully saturated rings. The molecule has 1 aromatic carbocycles. The monoisotopic (exact) mass is 280 g/mol. The fourth-order valence-electron chi connectivity index (χ4n) is 1.76. The maximum Gasteiger partial charge on any atom is 0.324 e. The highest BCUT2D eigenvalue weighted by Crippen LogP contribution is 2.19. The fraction of sp³-hybridized carbons (Fsp3) is 0.429. The van der Waals surface area contributed by atoms with Crippen LogP contribution in [0.1, 0.15) is 20.3 Å². The van der Waals surface area contributed by atoms with Crippen LogP contribution >= 0.6 is 0 Å². The highest BCUT2D eigenvalue weighted by Gasteiger charge is 2.25. The number of nitrogens with zero attached hydrogens (tertiary/aromatic N) is 2. The van der Waals surface area contributed by atoms with Gasteiger partial charge in [-0.3, -0.25) is 9.69 Å². The van der Waals surface area contributed by atoms with Gasteiger partial charge in [-0.1, -0.05) is 6.92 Å². The molecular formula is C14H20N2O4. The van der Waals surface area contributed by atoms with Crippen molar-refractivity contribution in [2.24, 2.45) is 0 Å². The van der Waals surface area contributed by atoms with E-state index < -0.39 is 5.97 Å². The highest BCUT2D eigenvalue weighted by molar-refractivity contribution is 5.93. The van der Waals surface area contributed by atoms with Gasteiger partial charge in [-0.2, -0.15) is 0 Å². The van der Waals surface area contributed by atoms with Crippen molar-refractivity contribution < 1.29 is 19.8 Å². The minimum atomic E-state index is -1.04. The first-order valence-electron chi connectivity index (χ1n) is 6.42. The van der Waals surface area contributed by atoms with Crippen molar-refractivity contribution in [2.75, 3.05) is 18.5 Å². The second-order valence-electron chi connectivity index (χ2n) is 4.64. The summed E-state index contributed by atoms with van der Waals surface area (Å²) in [6.45, 7) is 3.37. The summed E-state index contributed by atoms with van der Waals surface area (Å²) in [5.74, 6) is -0.934. The van der Waals surface area contributed by atoms with Crippen LogP contribution in [0.2, 0.25) is 0 Å². The third-order valence-electron chi connectivity index (χ3n) is 3.20. The smallest absolute Gasteiger partial charge is 0.324 e. The van der Waals surface area contributed by atoms with E-state index in [0.717, 1.165) is 0 Å². The van der Waals surface area contributed by atoms with Crippen molar-refractivity contribution in [2.45, 2.75) is 26.3 Å². The molecule has 1 unspecified atom stereocenters. The number of urea groups is 1. The molecule has 0 spiro atoms. The standard InChI is InChI=1S/C14H20N2O4/c1-4-10(2)16(9-13(18)19)14(20)15(3)11-5-7-12(17)8-6-11/h5-8,10,17H,4,9H2,1-3H3,(H,18,19). The van der Waals surface area contributed by atoms with Gasteiger partial charge in [0.15, 0.2) is 0 Å². The maximum atomic E-state index is 12.4. The van der Waals surface area contributed by atoms with Crippen LogP contribution in [0, 0.1) is 0 Å². The number of benzene rings is 1. The van der Waals surface area contributed by atoms with Gasteiger partial charge in [-0.05, 0) is 37.6 Å². The SMILES string of the molecule is CCC(C)N(CC(=O)O)C(=O)N(C)c1ccc(O)cc1. The first-order valence-corrected chi connectivity index (χ1v) is 6.42. The van der Waals surface area contributed by atoms with E-state index in [4.69, 9.17) is 5.11 Å². The minimum absolute atomic E-state index is 0.110. The third kappa shape index (κ3) is 3.88. The van der Waals surface area contributed by atoms with Crippen molar-refractivity contribution in [1.82, 2.24) is 4.90 Å². The van der Waals surface area contributed by atoms with Gasteiger partial charge in [0.1, 0.15) is 12.3 Å². The van der Waals surface area contributed by atoms with Crippen LogP contribution in [-0.4, -0.2) is 46.7 Å². The molecule has 0 aliphatic rings. The zero-order chi connectivity index (χ0) is 15.3. The van der Waals surface area contributed by atoms with Crippen LogP contribution in [0.25, 0.3) is 0 Å². The number of amides is 2. The molecule has 0 aliphatic carbocycles. The molecular weight excluding hydrogens is 260 g/mol. The minimum Gasteiger partial charge on any atom is -0.508 e. The number of hydrogen-bond donors (Lipinski definition) is 2. The van der Waals surface area contributed by atoms with Crippen LogP contribution in [0.15, 0.2) is 24.3 Å². The molecule has 0 radical (unpaired) electrons. The van der Waals surface area contributed by atoms with Gasteiger partial charge in [-0.25, -0.2) is 4.79 Å². The maximum absolute atomic E-state index is 12.4. The Hall–Kier alpha value is -2.24. The molecule has 0 heterocycles. The van der Waals surface area contributed by atoms with E-state index in [2.05, 4.69) is 0 Å². The summed E-state index contributed by atoms with van der Waals surface area (Å²) in [5, 5.41) is 18.2.